The number of hydrogen-bond acceptors (Lipinski definition) is 6. The van der Waals surface area contributed by atoms with E-state index in [1.54, 1.807) is 30.5 Å². The molecular weight excluding hydrogens is 322 g/mol. The molecule has 0 amide bonds. The molecule has 1 aromatic carbocycles. The number of anilines is 1. The van der Waals surface area contributed by atoms with Crippen LogP contribution in [0, 0.1) is 10.1 Å². The quantitative estimate of drug-likeness (QED) is 0.484. The molecule has 0 saturated carbocycles. The van der Waals surface area contributed by atoms with Crippen LogP contribution in [0.2, 0.25) is 0 Å². The van der Waals surface area contributed by atoms with E-state index in [0.29, 0.717) is 23.7 Å². The van der Waals surface area contributed by atoms with Crippen LogP contribution < -0.4 is 10.1 Å². The van der Waals surface area contributed by atoms with E-state index >= 15 is 0 Å². The summed E-state index contributed by atoms with van der Waals surface area (Å²) in [7, 11) is 0. The second kappa shape index (κ2) is 7.29. The lowest BCUT2D eigenvalue weighted by Gasteiger charge is -2.20. The molecule has 0 fully saturated rings. The second-order valence-corrected chi connectivity index (χ2v) is 6.62. The Hall–Kier alpha value is -2.96. The molecule has 1 N–H and O–H groups in total. The van der Waals surface area contributed by atoms with Crippen LogP contribution in [0.3, 0.4) is 0 Å². The molecule has 0 saturated heterocycles. The highest BCUT2D eigenvalue weighted by Crippen LogP contribution is 2.26. The van der Waals surface area contributed by atoms with Gasteiger partial charge in [0.25, 0.3) is 5.69 Å². The summed E-state index contributed by atoms with van der Waals surface area (Å²) in [6.45, 7) is 7.53. The standard InChI is InChI=1S/C18H21N3O4/c1-12(22)14-5-6-15(16(10-14)21(23)24)20-11-13-7-8-19-17(9-13)25-18(2,3)4/h5-10,20H,11H2,1-4H3. The Morgan fingerprint density at radius 1 is 1.28 bits per heavy atom. The fourth-order valence-electron chi connectivity index (χ4n) is 2.18. The lowest BCUT2D eigenvalue weighted by atomic mass is 10.1. The molecule has 0 aliphatic heterocycles. The van der Waals surface area contributed by atoms with E-state index in [9.17, 15) is 14.9 Å². The van der Waals surface area contributed by atoms with Crippen molar-refractivity contribution in [1.29, 1.82) is 0 Å². The monoisotopic (exact) mass is 343 g/mol. The van der Waals surface area contributed by atoms with Gasteiger partial charge in [-0.15, -0.1) is 0 Å². The van der Waals surface area contributed by atoms with Crippen molar-refractivity contribution in [2.45, 2.75) is 39.8 Å². The first-order valence-electron chi connectivity index (χ1n) is 7.83. The smallest absolute Gasteiger partial charge is 0.293 e. The first-order valence-corrected chi connectivity index (χ1v) is 7.83. The molecule has 1 aromatic heterocycles. The van der Waals surface area contributed by atoms with Crippen molar-refractivity contribution in [2.24, 2.45) is 0 Å². The summed E-state index contributed by atoms with van der Waals surface area (Å²) in [5, 5.41) is 14.3. The molecule has 2 aromatic rings. The van der Waals surface area contributed by atoms with Crippen LogP contribution in [-0.4, -0.2) is 21.3 Å². The molecule has 0 radical (unpaired) electrons. The van der Waals surface area contributed by atoms with Gasteiger partial charge in [0, 0.05) is 30.4 Å². The van der Waals surface area contributed by atoms with Crippen LogP contribution >= 0.6 is 0 Å². The molecule has 7 nitrogen and oxygen atoms in total. The third-order valence-corrected chi connectivity index (χ3v) is 3.29. The number of carbonyl (C=O) groups is 1. The van der Waals surface area contributed by atoms with Crippen molar-refractivity contribution in [1.82, 2.24) is 4.98 Å². The van der Waals surface area contributed by atoms with Crippen molar-refractivity contribution in [2.75, 3.05) is 5.32 Å². The summed E-state index contributed by atoms with van der Waals surface area (Å²) in [4.78, 5) is 26.3. The van der Waals surface area contributed by atoms with E-state index in [1.165, 1.54) is 13.0 Å². The van der Waals surface area contributed by atoms with Gasteiger partial charge in [0.2, 0.25) is 5.88 Å². The number of Topliss-reactive ketones (excluding diaryl/α,β-unsaturated/α-hetero) is 1. The van der Waals surface area contributed by atoms with E-state index in [-0.39, 0.29) is 17.1 Å². The maximum absolute atomic E-state index is 11.4. The Kier molecular flexibility index (Phi) is 5.36. The van der Waals surface area contributed by atoms with Crippen molar-refractivity contribution in [3.05, 3.63) is 57.8 Å². The van der Waals surface area contributed by atoms with Crippen LogP contribution in [0.15, 0.2) is 36.5 Å². The first kappa shape index (κ1) is 18.4. The highest BCUT2D eigenvalue weighted by Gasteiger charge is 2.16. The van der Waals surface area contributed by atoms with Gasteiger partial charge in [0.1, 0.15) is 11.3 Å². The average Bonchev–Trinajstić information content (AvgIpc) is 2.51. The Bertz CT molecular complexity index is 797. The van der Waals surface area contributed by atoms with E-state index in [2.05, 4.69) is 10.3 Å². The van der Waals surface area contributed by atoms with Gasteiger partial charge in [0.05, 0.1) is 4.92 Å². The van der Waals surface area contributed by atoms with Gasteiger partial charge in [-0.05, 0) is 51.5 Å². The van der Waals surface area contributed by atoms with Crippen LogP contribution in [-0.2, 0) is 6.54 Å². The Morgan fingerprint density at radius 2 is 2.00 bits per heavy atom. The fourth-order valence-corrected chi connectivity index (χ4v) is 2.18. The van der Waals surface area contributed by atoms with Crippen molar-refractivity contribution < 1.29 is 14.5 Å². The molecule has 0 aliphatic carbocycles. The summed E-state index contributed by atoms with van der Waals surface area (Å²) in [6, 6.07) is 7.98. The molecule has 0 atom stereocenters. The van der Waals surface area contributed by atoms with Gasteiger partial charge < -0.3 is 10.1 Å². The van der Waals surface area contributed by atoms with E-state index in [4.69, 9.17) is 4.74 Å². The van der Waals surface area contributed by atoms with Crippen LogP contribution in [0.25, 0.3) is 0 Å². The number of ketones is 1. The summed E-state index contributed by atoms with van der Waals surface area (Å²) in [6.07, 6.45) is 1.63. The maximum Gasteiger partial charge on any atom is 0.293 e. The summed E-state index contributed by atoms with van der Waals surface area (Å²) < 4.78 is 5.71. The van der Waals surface area contributed by atoms with Gasteiger partial charge in [-0.3, -0.25) is 14.9 Å². The molecule has 0 aliphatic rings. The van der Waals surface area contributed by atoms with Gasteiger partial charge in [-0.2, -0.15) is 0 Å². The highest BCUT2D eigenvalue weighted by molar-refractivity contribution is 5.95. The number of carbonyl (C=O) groups excluding carboxylic acids is 1. The van der Waals surface area contributed by atoms with Crippen molar-refractivity contribution in [3.63, 3.8) is 0 Å². The number of ether oxygens (including phenoxy) is 1. The third kappa shape index (κ3) is 5.27. The van der Waals surface area contributed by atoms with Gasteiger partial charge in [-0.25, -0.2) is 4.98 Å². The number of benzene rings is 1. The molecular formula is C18H21N3O4. The van der Waals surface area contributed by atoms with Crippen molar-refractivity contribution in [3.8, 4) is 5.88 Å². The lowest BCUT2D eigenvalue weighted by Crippen LogP contribution is -2.23. The van der Waals surface area contributed by atoms with Gasteiger partial charge >= 0.3 is 0 Å². The minimum absolute atomic E-state index is 0.132. The van der Waals surface area contributed by atoms with Crippen molar-refractivity contribution >= 4 is 17.2 Å². The Morgan fingerprint density at radius 3 is 2.60 bits per heavy atom. The zero-order chi connectivity index (χ0) is 18.6. The predicted octanol–water partition coefficient (Wildman–Crippen LogP) is 3.98. The van der Waals surface area contributed by atoms with Crippen LogP contribution in [0.1, 0.15) is 43.6 Å². The molecule has 2 rings (SSSR count). The molecule has 132 valence electrons. The molecule has 7 heteroatoms. The number of nitro benzene ring substituents is 1. The normalized spacial score (nSPS) is 11.0. The van der Waals surface area contributed by atoms with E-state index in [0.717, 1.165) is 5.56 Å². The number of aromatic nitrogens is 1. The number of pyridine rings is 1. The first-order chi connectivity index (χ1) is 11.7. The molecule has 0 spiro atoms. The lowest BCUT2D eigenvalue weighted by molar-refractivity contribution is -0.384. The number of rotatable bonds is 6. The summed E-state index contributed by atoms with van der Waals surface area (Å²) >= 11 is 0. The second-order valence-electron chi connectivity index (χ2n) is 6.62. The largest absolute Gasteiger partial charge is 0.472 e. The van der Waals surface area contributed by atoms with Crippen LogP contribution in [0.5, 0.6) is 5.88 Å². The Balaban J connectivity index is 2.17. The molecule has 0 bridgehead atoms. The van der Waals surface area contributed by atoms with Gasteiger partial charge in [0.15, 0.2) is 5.78 Å². The SMILES string of the molecule is CC(=O)c1ccc(NCc2ccnc(OC(C)(C)C)c2)c([N+](=O)[O-])c1. The average molecular weight is 343 g/mol. The highest BCUT2D eigenvalue weighted by atomic mass is 16.6. The fraction of sp³-hybridized carbons (Fsp3) is 0.333. The zero-order valence-corrected chi connectivity index (χ0v) is 14.7. The number of hydrogen-bond donors (Lipinski definition) is 1. The third-order valence-electron chi connectivity index (χ3n) is 3.29. The van der Waals surface area contributed by atoms with E-state index < -0.39 is 4.92 Å². The molecule has 25 heavy (non-hydrogen) atoms. The number of nitro groups is 1. The van der Waals surface area contributed by atoms with Crippen LogP contribution in [0.4, 0.5) is 11.4 Å². The van der Waals surface area contributed by atoms with E-state index in [1.807, 2.05) is 20.8 Å². The minimum atomic E-state index is -0.504. The molecule has 0 unspecified atom stereocenters. The Labute approximate surface area is 146 Å². The van der Waals surface area contributed by atoms with Gasteiger partial charge in [-0.1, -0.05) is 0 Å². The zero-order valence-electron chi connectivity index (χ0n) is 14.7. The minimum Gasteiger partial charge on any atom is -0.472 e. The molecule has 1 heterocycles. The summed E-state index contributed by atoms with van der Waals surface area (Å²) in [5.41, 5.74) is 1.04. The topological polar surface area (TPSA) is 94.4 Å². The summed E-state index contributed by atoms with van der Waals surface area (Å²) in [5.74, 6) is 0.279. The number of nitrogens with one attached hydrogen (secondary N) is 1. The maximum atomic E-state index is 11.4. The number of nitrogens with zero attached hydrogens (tertiary/aromatic N) is 2. The predicted molar refractivity (Wildman–Crippen MR) is 95.0 cm³/mol.